The molecule has 0 bridgehead atoms. The smallest absolute Gasteiger partial charge is 0.254 e. The molecule has 7 heteroatoms. The largest absolute Gasteiger partial charge is 0.486 e. The van der Waals surface area contributed by atoms with E-state index in [0.29, 0.717) is 11.6 Å². The monoisotopic (exact) mass is 274 g/mol. The molecule has 0 aliphatic carbocycles. The van der Waals surface area contributed by atoms with E-state index < -0.39 is 5.91 Å². The second-order valence-corrected chi connectivity index (χ2v) is 4.03. The van der Waals surface area contributed by atoms with Gasteiger partial charge in [-0.15, -0.1) is 0 Å². The van der Waals surface area contributed by atoms with E-state index in [2.05, 4.69) is 9.97 Å². The van der Waals surface area contributed by atoms with E-state index in [1.165, 1.54) is 6.20 Å². The molecule has 0 fully saturated rings. The van der Waals surface area contributed by atoms with Gasteiger partial charge in [-0.05, 0) is 12.1 Å². The van der Waals surface area contributed by atoms with E-state index in [1.807, 2.05) is 23.6 Å². The van der Waals surface area contributed by atoms with Crippen LogP contribution in [-0.2, 0) is 17.8 Å². The van der Waals surface area contributed by atoms with Gasteiger partial charge in [-0.25, -0.2) is 10.8 Å². The molecule has 7 nitrogen and oxygen atoms in total. The molecule has 0 aliphatic heterocycles. The van der Waals surface area contributed by atoms with Crippen LogP contribution in [0.15, 0.2) is 41.3 Å². The maximum atomic E-state index is 11.7. The van der Waals surface area contributed by atoms with Crippen molar-refractivity contribution in [1.82, 2.24) is 15.4 Å². The quantitative estimate of drug-likeness (QED) is 0.400. The Bertz CT molecular complexity index is 640. The van der Waals surface area contributed by atoms with Crippen LogP contribution in [0.1, 0.15) is 11.4 Å². The van der Waals surface area contributed by atoms with Gasteiger partial charge in [0.25, 0.3) is 5.56 Å². The van der Waals surface area contributed by atoms with Crippen molar-refractivity contribution in [2.75, 3.05) is 0 Å². The standard InChI is InChI=1S/C13H14N4O3/c14-17-12(18)6-9-7-15-11(16-13(9)19)8-20-10-4-2-1-3-5-10/h1-5,7H,6,8,14H2,(H,17,18)(H,15,16,19). The molecule has 4 N–H and O–H groups in total. The lowest BCUT2D eigenvalue weighted by molar-refractivity contribution is -0.120. The first-order valence-corrected chi connectivity index (χ1v) is 5.93. The van der Waals surface area contributed by atoms with Gasteiger partial charge in [0.05, 0.1) is 6.42 Å². The van der Waals surface area contributed by atoms with Crippen LogP contribution in [0.3, 0.4) is 0 Å². The van der Waals surface area contributed by atoms with Crippen molar-refractivity contribution in [3.8, 4) is 5.75 Å². The summed E-state index contributed by atoms with van der Waals surface area (Å²) in [6.07, 6.45) is 1.23. The highest BCUT2D eigenvalue weighted by Gasteiger charge is 2.07. The molecule has 104 valence electrons. The lowest BCUT2D eigenvalue weighted by Crippen LogP contribution is -2.33. The van der Waals surface area contributed by atoms with Crippen LogP contribution in [0.5, 0.6) is 5.75 Å². The van der Waals surface area contributed by atoms with Crippen LogP contribution < -0.4 is 21.6 Å². The third kappa shape index (κ3) is 3.66. The number of para-hydroxylation sites is 1. The molecule has 0 unspecified atom stereocenters. The number of hydrazine groups is 1. The maximum absolute atomic E-state index is 11.7. The Morgan fingerprint density at radius 3 is 2.75 bits per heavy atom. The summed E-state index contributed by atoms with van der Waals surface area (Å²) in [6, 6.07) is 9.18. The van der Waals surface area contributed by atoms with Crippen molar-refractivity contribution in [1.29, 1.82) is 0 Å². The van der Waals surface area contributed by atoms with E-state index in [0.717, 1.165) is 0 Å². The van der Waals surface area contributed by atoms with Crippen LogP contribution in [0, 0.1) is 0 Å². The lowest BCUT2D eigenvalue weighted by atomic mass is 10.2. The summed E-state index contributed by atoms with van der Waals surface area (Å²) in [5.74, 6) is 5.57. The van der Waals surface area contributed by atoms with Gasteiger partial charge in [0.15, 0.2) is 0 Å². The SMILES string of the molecule is NNC(=O)Cc1cnc(COc2ccccc2)[nH]c1=O. The van der Waals surface area contributed by atoms with Gasteiger partial charge in [0.1, 0.15) is 18.2 Å². The molecule has 0 spiro atoms. The summed E-state index contributed by atoms with van der Waals surface area (Å²) in [5, 5.41) is 0. The Morgan fingerprint density at radius 1 is 1.35 bits per heavy atom. The number of aromatic amines is 1. The van der Waals surface area contributed by atoms with Crippen molar-refractivity contribution >= 4 is 5.91 Å². The predicted molar refractivity (Wildman–Crippen MR) is 71.7 cm³/mol. The number of hydrogen-bond acceptors (Lipinski definition) is 5. The van der Waals surface area contributed by atoms with Crippen molar-refractivity contribution in [2.45, 2.75) is 13.0 Å². The van der Waals surface area contributed by atoms with E-state index in [4.69, 9.17) is 10.6 Å². The van der Waals surface area contributed by atoms with Crippen molar-refractivity contribution in [3.63, 3.8) is 0 Å². The summed E-state index contributed by atoms with van der Waals surface area (Å²) in [6.45, 7) is 0.141. The second-order valence-electron chi connectivity index (χ2n) is 4.03. The number of benzene rings is 1. The van der Waals surface area contributed by atoms with Gasteiger partial charge in [0.2, 0.25) is 5.91 Å². The zero-order chi connectivity index (χ0) is 14.4. The molecule has 2 rings (SSSR count). The number of carbonyl (C=O) groups is 1. The third-order valence-electron chi connectivity index (χ3n) is 2.56. The molecular formula is C13H14N4O3. The first-order chi connectivity index (χ1) is 9.69. The maximum Gasteiger partial charge on any atom is 0.254 e. The van der Waals surface area contributed by atoms with Gasteiger partial charge < -0.3 is 9.72 Å². The zero-order valence-corrected chi connectivity index (χ0v) is 10.6. The number of nitrogens with one attached hydrogen (secondary N) is 2. The highest BCUT2D eigenvalue weighted by Crippen LogP contribution is 2.09. The third-order valence-corrected chi connectivity index (χ3v) is 2.56. The Kier molecular flexibility index (Phi) is 4.46. The van der Waals surface area contributed by atoms with Crippen molar-refractivity contribution in [3.05, 3.63) is 58.3 Å². The van der Waals surface area contributed by atoms with Crippen molar-refractivity contribution < 1.29 is 9.53 Å². The highest BCUT2D eigenvalue weighted by atomic mass is 16.5. The topological polar surface area (TPSA) is 110 Å². The number of aromatic nitrogens is 2. The summed E-state index contributed by atoms with van der Waals surface area (Å²) >= 11 is 0. The molecular weight excluding hydrogens is 260 g/mol. The number of nitrogens with zero attached hydrogens (tertiary/aromatic N) is 1. The highest BCUT2D eigenvalue weighted by molar-refractivity contribution is 5.77. The second kappa shape index (κ2) is 6.48. The fourth-order valence-corrected chi connectivity index (χ4v) is 1.55. The van der Waals surface area contributed by atoms with E-state index in [1.54, 1.807) is 12.1 Å². The minimum absolute atomic E-state index is 0.112. The van der Waals surface area contributed by atoms with Crippen LogP contribution in [-0.4, -0.2) is 15.9 Å². The average Bonchev–Trinajstić information content (AvgIpc) is 2.48. The molecule has 0 saturated carbocycles. The number of nitrogens with two attached hydrogens (primary N) is 1. The molecule has 0 saturated heterocycles. The van der Waals surface area contributed by atoms with Gasteiger partial charge in [0, 0.05) is 11.8 Å². The number of ether oxygens (including phenoxy) is 1. The first-order valence-electron chi connectivity index (χ1n) is 5.93. The molecule has 1 heterocycles. The van der Waals surface area contributed by atoms with E-state index in [-0.39, 0.29) is 24.2 Å². The summed E-state index contributed by atoms with van der Waals surface area (Å²) in [5.41, 5.74) is 1.83. The molecule has 1 amide bonds. The minimum Gasteiger partial charge on any atom is -0.486 e. The molecule has 2 aromatic rings. The van der Waals surface area contributed by atoms with E-state index >= 15 is 0 Å². The molecule has 1 aromatic carbocycles. The molecule has 0 aliphatic rings. The van der Waals surface area contributed by atoms with Gasteiger partial charge >= 0.3 is 0 Å². The number of carbonyl (C=O) groups excluding carboxylic acids is 1. The Balaban J connectivity index is 2.02. The lowest BCUT2D eigenvalue weighted by Gasteiger charge is -2.06. The van der Waals surface area contributed by atoms with Crippen molar-refractivity contribution in [2.24, 2.45) is 5.84 Å². The Morgan fingerprint density at radius 2 is 2.10 bits per heavy atom. The zero-order valence-electron chi connectivity index (χ0n) is 10.6. The number of hydrogen-bond donors (Lipinski definition) is 3. The summed E-state index contributed by atoms with van der Waals surface area (Å²) < 4.78 is 5.46. The predicted octanol–water partition coefficient (Wildman–Crippen LogP) is -0.119. The Hall–Kier alpha value is -2.67. The van der Waals surface area contributed by atoms with Crippen LogP contribution in [0.25, 0.3) is 0 Å². The summed E-state index contributed by atoms with van der Waals surface area (Å²) in [4.78, 5) is 29.4. The summed E-state index contributed by atoms with van der Waals surface area (Å²) in [7, 11) is 0. The Labute approximate surface area is 114 Å². The molecule has 20 heavy (non-hydrogen) atoms. The fourth-order valence-electron chi connectivity index (χ4n) is 1.55. The van der Waals surface area contributed by atoms with Crippen LogP contribution in [0.2, 0.25) is 0 Å². The number of amides is 1. The first kappa shape index (κ1) is 13.8. The fraction of sp³-hybridized carbons (Fsp3) is 0.154. The van der Waals surface area contributed by atoms with Crippen LogP contribution >= 0.6 is 0 Å². The minimum atomic E-state index is -0.453. The van der Waals surface area contributed by atoms with E-state index in [9.17, 15) is 9.59 Å². The molecule has 0 radical (unpaired) electrons. The number of rotatable bonds is 5. The molecule has 0 atom stereocenters. The van der Waals surface area contributed by atoms with Gasteiger partial charge in [-0.2, -0.15) is 0 Å². The van der Waals surface area contributed by atoms with Gasteiger partial charge in [-0.1, -0.05) is 18.2 Å². The number of H-pyrrole nitrogens is 1. The molecule has 1 aromatic heterocycles. The normalized spacial score (nSPS) is 10.1. The van der Waals surface area contributed by atoms with Gasteiger partial charge in [-0.3, -0.25) is 15.0 Å². The average molecular weight is 274 g/mol. The van der Waals surface area contributed by atoms with Crippen LogP contribution in [0.4, 0.5) is 0 Å².